The van der Waals surface area contributed by atoms with Gasteiger partial charge in [0.25, 0.3) is 0 Å². The SMILES string of the molecule is O=C(Cc1csc2ccccc12)c1ccc(Cl)s1. The fourth-order valence-electron chi connectivity index (χ4n) is 1.89. The highest BCUT2D eigenvalue weighted by molar-refractivity contribution is 7.18. The van der Waals surface area contributed by atoms with Crippen molar-refractivity contribution in [1.82, 2.24) is 0 Å². The van der Waals surface area contributed by atoms with E-state index in [1.54, 1.807) is 23.5 Å². The van der Waals surface area contributed by atoms with Crippen molar-refractivity contribution in [3.8, 4) is 0 Å². The van der Waals surface area contributed by atoms with E-state index in [0.717, 1.165) is 10.4 Å². The molecule has 0 spiro atoms. The maximum Gasteiger partial charge on any atom is 0.177 e. The van der Waals surface area contributed by atoms with E-state index in [0.29, 0.717) is 10.8 Å². The van der Waals surface area contributed by atoms with Crippen LogP contribution in [0.2, 0.25) is 4.34 Å². The summed E-state index contributed by atoms with van der Waals surface area (Å²) in [6.07, 6.45) is 0.445. The van der Waals surface area contributed by atoms with E-state index in [4.69, 9.17) is 11.6 Å². The Morgan fingerprint density at radius 1 is 1.17 bits per heavy atom. The van der Waals surface area contributed by atoms with Gasteiger partial charge in [-0.05, 0) is 34.5 Å². The Bertz CT molecular complexity index is 711. The maximum absolute atomic E-state index is 12.1. The molecule has 0 aliphatic rings. The number of hydrogen-bond acceptors (Lipinski definition) is 3. The number of hydrogen-bond donors (Lipinski definition) is 0. The van der Waals surface area contributed by atoms with Crippen LogP contribution in [-0.2, 0) is 6.42 Å². The largest absolute Gasteiger partial charge is 0.293 e. The lowest BCUT2D eigenvalue weighted by atomic mass is 10.1. The molecule has 18 heavy (non-hydrogen) atoms. The first kappa shape index (κ1) is 11.9. The zero-order valence-electron chi connectivity index (χ0n) is 9.35. The van der Waals surface area contributed by atoms with Gasteiger partial charge in [0.1, 0.15) is 0 Å². The number of halogens is 1. The van der Waals surface area contributed by atoms with Gasteiger partial charge in [0.15, 0.2) is 5.78 Å². The number of carbonyl (C=O) groups excluding carboxylic acids is 1. The summed E-state index contributed by atoms with van der Waals surface area (Å²) in [7, 11) is 0. The number of rotatable bonds is 3. The van der Waals surface area contributed by atoms with Crippen molar-refractivity contribution in [1.29, 1.82) is 0 Å². The second-order valence-electron chi connectivity index (χ2n) is 3.96. The van der Waals surface area contributed by atoms with E-state index in [2.05, 4.69) is 17.5 Å². The Labute approximate surface area is 118 Å². The molecule has 2 aromatic heterocycles. The molecule has 0 amide bonds. The summed E-state index contributed by atoms with van der Waals surface area (Å²) in [5, 5.41) is 3.25. The lowest BCUT2D eigenvalue weighted by molar-refractivity contribution is 0.0997. The third-order valence-electron chi connectivity index (χ3n) is 2.76. The van der Waals surface area contributed by atoms with Crippen molar-refractivity contribution in [3.63, 3.8) is 0 Å². The van der Waals surface area contributed by atoms with E-state index >= 15 is 0 Å². The molecule has 0 unspecified atom stereocenters. The van der Waals surface area contributed by atoms with Crippen molar-refractivity contribution in [2.24, 2.45) is 0 Å². The third kappa shape index (κ3) is 2.21. The highest BCUT2D eigenvalue weighted by atomic mass is 35.5. The van der Waals surface area contributed by atoms with Crippen LogP contribution in [0.4, 0.5) is 0 Å². The molecule has 0 saturated carbocycles. The van der Waals surface area contributed by atoms with Crippen LogP contribution < -0.4 is 0 Å². The van der Waals surface area contributed by atoms with Gasteiger partial charge in [0.2, 0.25) is 0 Å². The zero-order valence-corrected chi connectivity index (χ0v) is 11.7. The molecule has 0 saturated heterocycles. The van der Waals surface area contributed by atoms with Gasteiger partial charge in [-0.3, -0.25) is 4.79 Å². The second kappa shape index (κ2) is 4.84. The highest BCUT2D eigenvalue weighted by Crippen LogP contribution is 2.28. The van der Waals surface area contributed by atoms with Crippen LogP contribution in [0.3, 0.4) is 0 Å². The number of fused-ring (bicyclic) bond motifs is 1. The summed E-state index contributed by atoms with van der Waals surface area (Å²) >= 11 is 8.87. The third-order valence-corrected chi connectivity index (χ3v) is 5.04. The molecular formula is C14H9ClOS2. The molecule has 1 aromatic carbocycles. The van der Waals surface area contributed by atoms with E-state index in [9.17, 15) is 4.79 Å². The standard InChI is InChI=1S/C14H9ClOS2/c15-14-6-5-13(18-14)11(16)7-9-8-17-12-4-2-1-3-10(9)12/h1-6,8H,7H2. The van der Waals surface area contributed by atoms with Gasteiger partial charge in [-0.1, -0.05) is 29.8 Å². The van der Waals surface area contributed by atoms with Crippen molar-refractivity contribution in [2.75, 3.05) is 0 Å². The molecule has 1 nitrogen and oxygen atoms in total. The van der Waals surface area contributed by atoms with Gasteiger partial charge in [-0.15, -0.1) is 22.7 Å². The number of thiophene rings is 2. The number of ketones is 1. The molecule has 0 radical (unpaired) electrons. The summed E-state index contributed by atoms with van der Waals surface area (Å²) in [5.41, 5.74) is 1.10. The van der Waals surface area contributed by atoms with Crippen LogP contribution in [0.15, 0.2) is 41.8 Å². The molecule has 0 aliphatic carbocycles. The van der Waals surface area contributed by atoms with Crippen molar-refractivity contribution in [3.05, 3.63) is 56.6 Å². The van der Waals surface area contributed by atoms with E-state index < -0.39 is 0 Å². The lowest BCUT2D eigenvalue weighted by Crippen LogP contribution is -2.00. The number of Topliss-reactive ketones (excluding diaryl/α,β-unsaturated/α-hetero) is 1. The second-order valence-corrected chi connectivity index (χ2v) is 6.59. The molecule has 0 bridgehead atoms. The van der Waals surface area contributed by atoms with Crippen LogP contribution in [0, 0.1) is 0 Å². The average Bonchev–Trinajstić information content (AvgIpc) is 2.97. The normalized spacial score (nSPS) is 10.9. The van der Waals surface area contributed by atoms with Crippen LogP contribution in [0.1, 0.15) is 15.2 Å². The van der Waals surface area contributed by atoms with E-state index in [1.807, 2.05) is 12.1 Å². The minimum Gasteiger partial charge on any atom is -0.293 e. The van der Waals surface area contributed by atoms with Crippen LogP contribution >= 0.6 is 34.3 Å². The predicted octanol–water partition coefficient (Wildman–Crippen LogP) is 5.04. The topological polar surface area (TPSA) is 17.1 Å². The van der Waals surface area contributed by atoms with Crippen LogP contribution in [0.25, 0.3) is 10.1 Å². The van der Waals surface area contributed by atoms with Crippen molar-refractivity contribution >= 4 is 50.1 Å². The predicted molar refractivity (Wildman–Crippen MR) is 79.2 cm³/mol. The maximum atomic E-state index is 12.1. The average molecular weight is 293 g/mol. The molecule has 3 aromatic rings. The monoisotopic (exact) mass is 292 g/mol. The fourth-order valence-corrected chi connectivity index (χ4v) is 3.84. The summed E-state index contributed by atoms with van der Waals surface area (Å²) in [4.78, 5) is 12.9. The van der Waals surface area contributed by atoms with Gasteiger partial charge in [0.05, 0.1) is 9.21 Å². The molecular weight excluding hydrogens is 284 g/mol. The smallest absolute Gasteiger partial charge is 0.177 e. The molecule has 4 heteroatoms. The Morgan fingerprint density at radius 3 is 2.78 bits per heavy atom. The van der Waals surface area contributed by atoms with Gasteiger partial charge < -0.3 is 0 Å². The Hall–Kier alpha value is -1.16. The van der Waals surface area contributed by atoms with Crippen molar-refractivity contribution in [2.45, 2.75) is 6.42 Å². The summed E-state index contributed by atoms with van der Waals surface area (Å²) < 4.78 is 1.89. The molecule has 0 atom stereocenters. The molecule has 2 heterocycles. The molecule has 3 rings (SSSR count). The first-order valence-corrected chi connectivity index (χ1v) is 7.55. The molecule has 90 valence electrons. The minimum atomic E-state index is 0.135. The van der Waals surface area contributed by atoms with Crippen LogP contribution in [-0.4, -0.2) is 5.78 Å². The lowest BCUT2D eigenvalue weighted by Gasteiger charge is -1.97. The van der Waals surface area contributed by atoms with E-state index in [1.165, 1.54) is 21.4 Å². The van der Waals surface area contributed by atoms with Gasteiger partial charge >= 0.3 is 0 Å². The van der Waals surface area contributed by atoms with E-state index in [-0.39, 0.29) is 5.78 Å². The summed E-state index contributed by atoms with van der Waals surface area (Å²) in [5.74, 6) is 0.135. The minimum absolute atomic E-state index is 0.135. The summed E-state index contributed by atoms with van der Waals surface area (Å²) in [6.45, 7) is 0. The molecule has 0 N–H and O–H groups in total. The highest BCUT2D eigenvalue weighted by Gasteiger charge is 2.12. The number of benzene rings is 1. The Kier molecular flexibility index (Phi) is 3.20. The quantitative estimate of drug-likeness (QED) is 0.618. The number of carbonyl (C=O) groups is 1. The van der Waals surface area contributed by atoms with Gasteiger partial charge in [0, 0.05) is 11.1 Å². The van der Waals surface area contributed by atoms with Gasteiger partial charge in [-0.25, -0.2) is 0 Å². The van der Waals surface area contributed by atoms with Crippen LogP contribution in [0.5, 0.6) is 0 Å². The Balaban J connectivity index is 1.90. The first-order chi connectivity index (χ1) is 8.74. The fraction of sp³-hybridized carbons (Fsp3) is 0.0714. The Morgan fingerprint density at radius 2 is 2.00 bits per heavy atom. The first-order valence-electron chi connectivity index (χ1n) is 5.47. The zero-order chi connectivity index (χ0) is 12.5. The molecule has 0 fully saturated rings. The summed E-state index contributed by atoms with van der Waals surface area (Å²) in [6, 6.07) is 11.7. The van der Waals surface area contributed by atoms with Crippen molar-refractivity contribution < 1.29 is 4.79 Å². The molecule has 0 aliphatic heterocycles. The van der Waals surface area contributed by atoms with Gasteiger partial charge in [-0.2, -0.15) is 0 Å².